The minimum atomic E-state index is 0.326. The summed E-state index contributed by atoms with van der Waals surface area (Å²) in [6.45, 7) is 4.91. The molecule has 0 aliphatic rings. The molecule has 4 heteroatoms. The molecule has 0 bridgehead atoms. The van der Waals surface area contributed by atoms with E-state index in [-0.39, 0.29) is 0 Å². The van der Waals surface area contributed by atoms with Crippen LogP contribution in [0.3, 0.4) is 0 Å². The van der Waals surface area contributed by atoms with Crippen LogP contribution in [0.15, 0.2) is 12.4 Å². The van der Waals surface area contributed by atoms with Crippen molar-refractivity contribution in [2.75, 3.05) is 11.9 Å². The number of anilines is 1. The van der Waals surface area contributed by atoms with Gasteiger partial charge in [0.1, 0.15) is 0 Å². The summed E-state index contributed by atoms with van der Waals surface area (Å²) < 4.78 is 0. The monoisotopic (exact) mass is 208 g/mol. The highest BCUT2D eigenvalue weighted by Gasteiger charge is 2.02. The second kappa shape index (κ2) is 6.35. The molecule has 1 unspecified atom stereocenters. The number of nitrogens with zero attached hydrogens (tertiary/aromatic N) is 2. The number of aryl methyl sites for hydroxylation is 1. The van der Waals surface area contributed by atoms with Crippen LogP contribution >= 0.6 is 0 Å². The average molecular weight is 208 g/mol. The van der Waals surface area contributed by atoms with Crippen LogP contribution in [-0.4, -0.2) is 22.6 Å². The molecule has 1 rings (SSSR count). The SMILES string of the molecule is CCCc1cnc(NC(C)CCN)nc1. The Morgan fingerprint density at radius 1 is 1.40 bits per heavy atom. The average Bonchev–Trinajstić information content (AvgIpc) is 2.22. The molecule has 0 spiro atoms. The maximum Gasteiger partial charge on any atom is 0.222 e. The first-order valence-electron chi connectivity index (χ1n) is 5.53. The minimum Gasteiger partial charge on any atom is -0.352 e. The molecule has 1 heterocycles. The highest BCUT2D eigenvalue weighted by molar-refractivity contribution is 5.25. The second-order valence-electron chi connectivity index (χ2n) is 3.79. The molecule has 1 aromatic heterocycles. The topological polar surface area (TPSA) is 63.8 Å². The number of nitrogens with two attached hydrogens (primary N) is 1. The molecular formula is C11H20N4. The van der Waals surface area contributed by atoms with Crippen LogP contribution in [0.1, 0.15) is 32.3 Å². The lowest BCUT2D eigenvalue weighted by Gasteiger charge is -2.12. The van der Waals surface area contributed by atoms with E-state index in [1.807, 2.05) is 12.4 Å². The van der Waals surface area contributed by atoms with Gasteiger partial charge in [0, 0.05) is 18.4 Å². The molecule has 1 aromatic rings. The number of hydrogen-bond acceptors (Lipinski definition) is 4. The third kappa shape index (κ3) is 4.25. The van der Waals surface area contributed by atoms with E-state index < -0.39 is 0 Å². The summed E-state index contributed by atoms with van der Waals surface area (Å²) in [6, 6.07) is 0.326. The van der Waals surface area contributed by atoms with Crippen molar-refractivity contribution in [2.45, 2.75) is 39.2 Å². The zero-order valence-electron chi connectivity index (χ0n) is 9.53. The fourth-order valence-electron chi connectivity index (χ4n) is 1.39. The van der Waals surface area contributed by atoms with E-state index in [1.165, 1.54) is 5.56 Å². The van der Waals surface area contributed by atoms with E-state index in [4.69, 9.17) is 5.73 Å². The number of hydrogen-bond donors (Lipinski definition) is 2. The first-order valence-corrected chi connectivity index (χ1v) is 5.53. The summed E-state index contributed by atoms with van der Waals surface area (Å²) in [4.78, 5) is 8.51. The summed E-state index contributed by atoms with van der Waals surface area (Å²) in [7, 11) is 0. The molecule has 0 amide bonds. The van der Waals surface area contributed by atoms with E-state index in [1.54, 1.807) is 0 Å². The predicted molar refractivity (Wildman–Crippen MR) is 62.8 cm³/mol. The first-order chi connectivity index (χ1) is 7.26. The quantitative estimate of drug-likeness (QED) is 0.745. The molecule has 0 fully saturated rings. The highest BCUT2D eigenvalue weighted by atomic mass is 15.1. The fourth-order valence-corrected chi connectivity index (χ4v) is 1.39. The van der Waals surface area contributed by atoms with Gasteiger partial charge >= 0.3 is 0 Å². The number of nitrogens with one attached hydrogen (secondary N) is 1. The second-order valence-corrected chi connectivity index (χ2v) is 3.79. The lowest BCUT2D eigenvalue weighted by molar-refractivity contribution is 0.708. The van der Waals surface area contributed by atoms with Gasteiger partial charge in [-0.15, -0.1) is 0 Å². The fraction of sp³-hybridized carbons (Fsp3) is 0.636. The number of aromatic nitrogens is 2. The Labute approximate surface area is 91.3 Å². The van der Waals surface area contributed by atoms with Crippen molar-refractivity contribution in [1.82, 2.24) is 9.97 Å². The smallest absolute Gasteiger partial charge is 0.222 e. The molecule has 0 saturated carbocycles. The molecule has 0 aliphatic carbocycles. The van der Waals surface area contributed by atoms with E-state index in [2.05, 4.69) is 29.1 Å². The molecular weight excluding hydrogens is 188 g/mol. The van der Waals surface area contributed by atoms with Gasteiger partial charge < -0.3 is 11.1 Å². The van der Waals surface area contributed by atoms with Crippen molar-refractivity contribution in [1.29, 1.82) is 0 Å². The minimum absolute atomic E-state index is 0.326. The first kappa shape index (κ1) is 11.9. The zero-order valence-corrected chi connectivity index (χ0v) is 9.53. The van der Waals surface area contributed by atoms with Crippen molar-refractivity contribution < 1.29 is 0 Å². The third-order valence-corrected chi connectivity index (χ3v) is 2.22. The molecule has 84 valence electrons. The van der Waals surface area contributed by atoms with E-state index in [0.29, 0.717) is 18.5 Å². The van der Waals surface area contributed by atoms with Gasteiger partial charge in [0.15, 0.2) is 0 Å². The van der Waals surface area contributed by atoms with Crippen molar-refractivity contribution in [3.8, 4) is 0 Å². The van der Waals surface area contributed by atoms with Gasteiger partial charge in [-0.25, -0.2) is 9.97 Å². The van der Waals surface area contributed by atoms with Gasteiger partial charge in [-0.2, -0.15) is 0 Å². The predicted octanol–water partition coefficient (Wildman–Crippen LogP) is 1.58. The highest BCUT2D eigenvalue weighted by Crippen LogP contribution is 2.05. The Balaban J connectivity index is 2.48. The van der Waals surface area contributed by atoms with Crippen molar-refractivity contribution in [3.63, 3.8) is 0 Å². The van der Waals surface area contributed by atoms with Gasteiger partial charge in [-0.1, -0.05) is 13.3 Å². The summed E-state index contributed by atoms with van der Waals surface area (Å²) in [5.41, 5.74) is 6.66. The maximum absolute atomic E-state index is 5.47. The van der Waals surface area contributed by atoms with Crippen LogP contribution in [0.5, 0.6) is 0 Å². The van der Waals surface area contributed by atoms with E-state index in [0.717, 1.165) is 19.3 Å². The molecule has 4 nitrogen and oxygen atoms in total. The van der Waals surface area contributed by atoms with Gasteiger partial charge in [0.2, 0.25) is 5.95 Å². The maximum atomic E-state index is 5.47. The van der Waals surface area contributed by atoms with Crippen LogP contribution < -0.4 is 11.1 Å². The van der Waals surface area contributed by atoms with Crippen LogP contribution in [0.25, 0.3) is 0 Å². The summed E-state index contributed by atoms with van der Waals surface area (Å²) in [5.74, 6) is 0.691. The Hall–Kier alpha value is -1.16. The summed E-state index contributed by atoms with van der Waals surface area (Å²) >= 11 is 0. The Bertz CT molecular complexity index is 270. The lowest BCUT2D eigenvalue weighted by atomic mass is 10.2. The van der Waals surface area contributed by atoms with Gasteiger partial charge in [0.05, 0.1) is 0 Å². The Morgan fingerprint density at radius 3 is 2.60 bits per heavy atom. The van der Waals surface area contributed by atoms with Crippen LogP contribution in [0.2, 0.25) is 0 Å². The Morgan fingerprint density at radius 2 is 2.07 bits per heavy atom. The van der Waals surface area contributed by atoms with Crippen LogP contribution in [0.4, 0.5) is 5.95 Å². The molecule has 15 heavy (non-hydrogen) atoms. The molecule has 1 atom stereocenters. The van der Waals surface area contributed by atoms with Gasteiger partial charge in [-0.3, -0.25) is 0 Å². The van der Waals surface area contributed by atoms with Crippen molar-refractivity contribution in [3.05, 3.63) is 18.0 Å². The van der Waals surface area contributed by atoms with E-state index >= 15 is 0 Å². The van der Waals surface area contributed by atoms with Crippen LogP contribution in [0, 0.1) is 0 Å². The molecule has 0 aromatic carbocycles. The Kier molecular flexibility index (Phi) is 5.04. The third-order valence-electron chi connectivity index (χ3n) is 2.22. The molecule has 3 N–H and O–H groups in total. The molecule has 0 aliphatic heterocycles. The lowest BCUT2D eigenvalue weighted by Crippen LogP contribution is -2.20. The van der Waals surface area contributed by atoms with Crippen molar-refractivity contribution in [2.24, 2.45) is 5.73 Å². The van der Waals surface area contributed by atoms with E-state index in [9.17, 15) is 0 Å². The van der Waals surface area contributed by atoms with Gasteiger partial charge in [0.25, 0.3) is 0 Å². The van der Waals surface area contributed by atoms with Crippen molar-refractivity contribution >= 4 is 5.95 Å². The largest absolute Gasteiger partial charge is 0.352 e. The molecule has 0 radical (unpaired) electrons. The number of rotatable bonds is 6. The summed E-state index contributed by atoms with van der Waals surface area (Å²) in [6.07, 6.45) is 6.86. The normalized spacial score (nSPS) is 12.5. The van der Waals surface area contributed by atoms with Gasteiger partial charge in [-0.05, 0) is 31.9 Å². The standard InChI is InChI=1S/C11H20N4/c1-3-4-10-7-13-11(14-8-10)15-9(2)5-6-12/h7-9H,3-6,12H2,1-2H3,(H,13,14,15). The summed E-state index contributed by atoms with van der Waals surface area (Å²) in [5, 5.41) is 3.21. The van der Waals surface area contributed by atoms with Crippen LogP contribution in [-0.2, 0) is 6.42 Å². The zero-order chi connectivity index (χ0) is 11.1. The molecule has 0 saturated heterocycles.